The van der Waals surface area contributed by atoms with Crippen molar-refractivity contribution >= 4 is 0 Å². The second-order valence-electron chi connectivity index (χ2n) is 3.68. The maximum Gasteiger partial charge on any atom is 0.0701 e. The van der Waals surface area contributed by atoms with E-state index in [2.05, 4.69) is 19.2 Å². The number of ether oxygens (including phenoxy) is 2. The topological polar surface area (TPSA) is 30.5 Å². The first-order chi connectivity index (χ1) is 7.41. The number of rotatable bonds is 12. The van der Waals surface area contributed by atoms with Crippen molar-refractivity contribution in [2.75, 3.05) is 39.5 Å². The Balaban J connectivity index is 2.81. The molecular formula is C12H27NO2. The van der Waals surface area contributed by atoms with Crippen molar-refractivity contribution in [1.29, 1.82) is 0 Å². The molecule has 0 rings (SSSR count). The summed E-state index contributed by atoms with van der Waals surface area (Å²) in [7, 11) is 0. The van der Waals surface area contributed by atoms with Gasteiger partial charge in [0, 0.05) is 13.2 Å². The van der Waals surface area contributed by atoms with Gasteiger partial charge in [0.15, 0.2) is 0 Å². The van der Waals surface area contributed by atoms with Crippen molar-refractivity contribution in [3.63, 3.8) is 0 Å². The number of hydrogen-bond donors (Lipinski definition) is 1. The Morgan fingerprint density at radius 1 is 0.733 bits per heavy atom. The lowest BCUT2D eigenvalue weighted by atomic mass is 10.3. The predicted octanol–water partition coefficient (Wildman–Crippen LogP) is 2.21. The average molecular weight is 217 g/mol. The predicted molar refractivity (Wildman–Crippen MR) is 64.3 cm³/mol. The van der Waals surface area contributed by atoms with E-state index >= 15 is 0 Å². The van der Waals surface area contributed by atoms with E-state index in [0.717, 1.165) is 45.9 Å². The van der Waals surface area contributed by atoms with E-state index in [1.807, 2.05) is 0 Å². The summed E-state index contributed by atoms with van der Waals surface area (Å²) < 4.78 is 10.8. The lowest BCUT2D eigenvalue weighted by molar-refractivity contribution is 0.0478. The Hall–Kier alpha value is -0.120. The van der Waals surface area contributed by atoms with E-state index in [0.29, 0.717) is 0 Å². The highest BCUT2D eigenvalue weighted by Crippen LogP contribution is 1.87. The van der Waals surface area contributed by atoms with Crippen LogP contribution in [0, 0.1) is 0 Å². The summed E-state index contributed by atoms with van der Waals surface area (Å²) in [5, 5.41) is 3.33. The monoisotopic (exact) mass is 217 g/mol. The third-order valence-electron chi connectivity index (χ3n) is 2.14. The summed E-state index contributed by atoms with van der Waals surface area (Å²) >= 11 is 0. The third-order valence-corrected chi connectivity index (χ3v) is 2.14. The van der Waals surface area contributed by atoms with Crippen LogP contribution in [-0.2, 0) is 9.47 Å². The van der Waals surface area contributed by atoms with E-state index in [4.69, 9.17) is 9.47 Å². The lowest BCUT2D eigenvalue weighted by Gasteiger charge is -2.06. The summed E-state index contributed by atoms with van der Waals surface area (Å²) in [6.45, 7) is 9.54. The molecule has 0 atom stereocenters. The molecule has 0 bridgehead atoms. The number of unbranched alkanes of at least 4 members (excludes halogenated alkanes) is 2. The Bertz CT molecular complexity index is 97.8. The molecule has 0 aliphatic carbocycles. The van der Waals surface area contributed by atoms with Gasteiger partial charge < -0.3 is 14.8 Å². The second-order valence-corrected chi connectivity index (χ2v) is 3.68. The van der Waals surface area contributed by atoms with E-state index in [1.165, 1.54) is 19.3 Å². The lowest BCUT2D eigenvalue weighted by Crippen LogP contribution is -2.21. The van der Waals surface area contributed by atoms with Crippen LogP contribution in [0.15, 0.2) is 0 Å². The molecule has 1 N–H and O–H groups in total. The summed E-state index contributed by atoms with van der Waals surface area (Å²) in [4.78, 5) is 0. The maximum absolute atomic E-state index is 5.41. The van der Waals surface area contributed by atoms with E-state index in [-0.39, 0.29) is 0 Å². The quantitative estimate of drug-likeness (QED) is 0.508. The molecule has 92 valence electrons. The smallest absolute Gasteiger partial charge is 0.0701 e. The highest BCUT2D eigenvalue weighted by Gasteiger charge is 1.90. The molecule has 0 spiro atoms. The van der Waals surface area contributed by atoms with Crippen molar-refractivity contribution < 1.29 is 9.47 Å². The zero-order valence-corrected chi connectivity index (χ0v) is 10.4. The number of hydrogen-bond acceptors (Lipinski definition) is 3. The van der Waals surface area contributed by atoms with Crippen molar-refractivity contribution in [2.45, 2.75) is 39.5 Å². The van der Waals surface area contributed by atoms with Gasteiger partial charge in [0.25, 0.3) is 0 Å². The highest BCUT2D eigenvalue weighted by atomic mass is 16.5. The zero-order chi connectivity index (χ0) is 11.2. The molecule has 0 saturated heterocycles. The standard InChI is InChI=1S/C12H27NO2/c1-3-5-7-13-8-10-15-12-11-14-9-6-4-2/h13H,3-12H2,1-2H3. The van der Waals surface area contributed by atoms with Crippen molar-refractivity contribution in [1.82, 2.24) is 5.32 Å². The molecule has 0 radical (unpaired) electrons. The minimum absolute atomic E-state index is 0.721. The first-order valence-corrected chi connectivity index (χ1v) is 6.28. The zero-order valence-electron chi connectivity index (χ0n) is 10.4. The first-order valence-electron chi connectivity index (χ1n) is 6.28. The van der Waals surface area contributed by atoms with E-state index in [1.54, 1.807) is 0 Å². The van der Waals surface area contributed by atoms with Crippen molar-refractivity contribution in [3.05, 3.63) is 0 Å². The minimum atomic E-state index is 0.721. The normalized spacial score (nSPS) is 10.8. The third kappa shape index (κ3) is 13.9. The molecule has 0 heterocycles. The van der Waals surface area contributed by atoms with Crippen LogP contribution < -0.4 is 5.32 Å². The van der Waals surface area contributed by atoms with Gasteiger partial charge in [0.2, 0.25) is 0 Å². The van der Waals surface area contributed by atoms with Crippen molar-refractivity contribution in [3.8, 4) is 0 Å². The number of nitrogens with one attached hydrogen (secondary N) is 1. The van der Waals surface area contributed by atoms with Gasteiger partial charge >= 0.3 is 0 Å². The van der Waals surface area contributed by atoms with Gasteiger partial charge in [0.05, 0.1) is 19.8 Å². The van der Waals surface area contributed by atoms with Gasteiger partial charge in [-0.15, -0.1) is 0 Å². The van der Waals surface area contributed by atoms with Gasteiger partial charge in [-0.2, -0.15) is 0 Å². The molecular weight excluding hydrogens is 190 g/mol. The first kappa shape index (κ1) is 14.9. The SMILES string of the molecule is CCCCNCCOCCOCCCC. The van der Waals surface area contributed by atoms with Crippen LogP contribution in [0.25, 0.3) is 0 Å². The largest absolute Gasteiger partial charge is 0.379 e. The Labute approximate surface area is 94.5 Å². The van der Waals surface area contributed by atoms with Crippen LogP contribution in [0.1, 0.15) is 39.5 Å². The molecule has 3 nitrogen and oxygen atoms in total. The highest BCUT2D eigenvalue weighted by molar-refractivity contribution is 4.45. The van der Waals surface area contributed by atoms with Crippen LogP contribution >= 0.6 is 0 Å². The van der Waals surface area contributed by atoms with Gasteiger partial charge in [-0.05, 0) is 19.4 Å². The molecule has 0 aromatic carbocycles. The van der Waals surface area contributed by atoms with Crippen LogP contribution in [0.3, 0.4) is 0 Å². The van der Waals surface area contributed by atoms with Gasteiger partial charge in [0.1, 0.15) is 0 Å². The molecule has 0 aromatic rings. The van der Waals surface area contributed by atoms with Crippen LogP contribution in [0.2, 0.25) is 0 Å². The summed E-state index contributed by atoms with van der Waals surface area (Å²) in [5.41, 5.74) is 0. The molecule has 3 heteroatoms. The summed E-state index contributed by atoms with van der Waals surface area (Å²) in [5.74, 6) is 0. The summed E-state index contributed by atoms with van der Waals surface area (Å²) in [6.07, 6.45) is 4.85. The molecule has 0 unspecified atom stereocenters. The van der Waals surface area contributed by atoms with Crippen LogP contribution in [0.4, 0.5) is 0 Å². The maximum atomic E-state index is 5.41. The molecule has 0 aromatic heterocycles. The average Bonchev–Trinajstić information content (AvgIpc) is 2.26. The van der Waals surface area contributed by atoms with E-state index in [9.17, 15) is 0 Å². The van der Waals surface area contributed by atoms with Gasteiger partial charge in [-0.1, -0.05) is 26.7 Å². The molecule has 0 amide bonds. The van der Waals surface area contributed by atoms with Gasteiger partial charge in [-0.25, -0.2) is 0 Å². The van der Waals surface area contributed by atoms with Crippen molar-refractivity contribution in [2.24, 2.45) is 0 Å². The molecule has 15 heavy (non-hydrogen) atoms. The van der Waals surface area contributed by atoms with Crippen LogP contribution in [-0.4, -0.2) is 39.5 Å². The minimum Gasteiger partial charge on any atom is -0.379 e. The fourth-order valence-corrected chi connectivity index (χ4v) is 1.14. The Morgan fingerprint density at radius 3 is 2.07 bits per heavy atom. The fourth-order valence-electron chi connectivity index (χ4n) is 1.14. The van der Waals surface area contributed by atoms with E-state index < -0.39 is 0 Å². The Morgan fingerprint density at radius 2 is 1.40 bits per heavy atom. The molecule has 0 fully saturated rings. The second kappa shape index (κ2) is 13.9. The fraction of sp³-hybridized carbons (Fsp3) is 1.00. The molecule has 0 saturated carbocycles. The molecule has 0 aliphatic heterocycles. The van der Waals surface area contributed by atoms with Gasteiger partial charge in [-0.3, -0.25) is 0 Å². The molecule has 0 aliphatic rings. The van der Waals surface area contributed by atoms with Crippen LogP contribution in [0.5, 0.6) is 0 Å². The Kier molecular flexibility index (Phi) is 13.8. The summed E-state index contributed by atoms with van der Waals surface area (Å²) in [6, 6.07) is 0.